The molecule has 0 aliphatic heterocycles. The molecule has 0 radical (unpaired) electrons. The first kappa shape index (κ1) is 24.8. The highest BCUT2D eigenvalue weighted by Gasteiger charge is 2.26. The van der Waals surface area contributed by atoms with Gasteiger partial charge in [-0.1, -0.05) is 12.0 Å². The van der Waals surface area contributed by atoms with Gasteiger partial charge in [-0.2, -0.15) is 0 Å². The molecule has 0 fully saturated rings. The summed E-state index contributed by atoms with van der Waals surface area (Å²) in [6, 6.07) is 13.9. The van der Waals surface area contributed by atoms with Crippen molar-refractivity contribution < 1.29 is 26.8 Å². The Balaban J connectivity index is 2.09. The summed E-state index contributed by atoms with van der Waals surface area (Å²) in [4.78, 5) is 13.0. The Morgan fingerprint density at radius 2 is 1.78 bits per heavy atom. The van der Waals surface area contributed by atoms with Gasteiger partial charge in [0, 0.05) is 36.7 Å². The maximum Gasteiger partial charge on any atom is 0.255 e. The van der Waals surface area contributed by atoms with Crippen LogP contribution in [0.3, 0.4) is 0 Å². The second-order valence-corrected chi connectivity index (χ2v) is 10.1. The van der Waals surface area contributed by atoms with E-state index in [0.29, 0.717) is 39.1 Å². The number of anilines is 1. The number of sulfonamides is 1. The highest BCUT2D eigenvalue weighted by molar-refractivity contribution is 7.92. The standard InChI is InChI=1S/C27H23FN2O5S/c1-6-16-13-18(9-12-23(16)34-4)20-14-21-24(15-22(20)30(3)36(5,32)33)35-26(25(21)27(31)29-2)17-7-10-19(28)11-8-17/h1,7-15H,2-5H3,(H,29,31). The number of methoxy groups -OCH3 is 1. The fraction of sp³-hybridized carbons (Fsp3) is 0.148. The van der Waals surface area contributed by atoms with Crippen molar-refractivity contribution in [3.8, 4) is 40.5 Å². The van der Waals surface area contributed by atoms with Gasteiger partial charge in [0.2, 0.25) is 10.0 Å². The van der Waals surface area contributed by atoms with Gasteiger partial charge in [-0.25, -0.2) is 12.8 Å². The monoisotopic (exact) mass is 506 g/mol. The highest BCUT2D eigenvalue weighted by atomic mass is 32.2. The average molecular weight is 507 g/mol. The molecule has 0 bridgehead atoms. The van der Waals surface area contributed by atoms with Crippen molar-refractivity contribution in [3.05, 3.63) is 71.5 Å². The first-order valence-corrected chi connectivity index (χ1v) is 12.6. The van der Waals surface area contributed by atoms with Gasteiger partial charge in [0.25, 0.3) is 5.91 Å². The molecule has 0 saturated carbocycles. The molecule has 4 rings (SSSR count). The smallest absolute Gasteiger partial charge is 0.255 e. The number of furan rings is 1. The van der Waals surface area contributed by atoms with Gasteiger partial charge in [0.15, 0.2) is 0 Å². The predicted molar refractivity (Wildman–Crippen MR) is 138 cm³/mol. The van der Waals surface area contributed by atoms with Gasteiger partial charge in [-0.3, -0.25) is 9.10 Å². The molecule has 1 aromatic heterocycles. The van der Waals surface area contributed by atoms with Crippen molar-refractivity contribution >= 4 is 32.6 Å². The molecular weight excluding hydrogens is 483 g/mol. The molecule has 0 aliphatic carbocycles. The van der Waals surface area contributed by atoms with Gasteiger partial charge < -0.3 is 14.5 Å². The van der Waals surface area contributed by atoms with E-state index in [1.54, 1.807) is 30.3 Å². The van der Waals surface area contributed by atoms with Crippen LogP contribution in [0.2, 0.25) is 0 Å². The number of hydrogen-bond acceptors (Lipinski definition) is 5. The van der Waals surface area contributed by atoms with Crippen molar-refractivity contribution in [3.63, 3.8) is 0 Å². The summed E-state index contributed by atoms with van der Waals surface area (Å²) in [5, 5.41) is 3.06. The second kappa shape index (κ2) is 9.40. The zero-order valence-electron chi connectivity index (χ0n) is 20.0. The van der Waals surface area contributed by atoms with Crippen LogP contribution in [0.25, 0.3) is 33.4 Å². The molecule has 0 saturated heterocycles. The number of terminal acetylenes is 1. The molecular formula is C27H23FN2O5S. The third-order valence-corrected chi connectivity index (χ3v) is 7.06. The molecule has 1 N–H and O–H groups in total. The van der Waals surface area contributed by atoms with Crippen LogP contribution >= 0.6 is 0 Å². The molecule has 7 nitrogen and oxygen atoms in total. The SMILES string of the molecule is C#Cc1cc(-c2cc3c(C(=O)NC)c(-c4ccc(F)cc4)oc3cc2N(C)S(C)(=O)=O)ccc1OC. The highest BCUT2D eigenvalue weighted by Crippen LogP contribution is 2.42. The number of nitrogens with one attached hydrogen (secondary N) is 1. The van der Waals surface area contributed by atoms with Crippen LogP contribution in [-0.2, 0) is 10.0 Å². The largest absolute Gasteiger partial charge is 0.495 e. The summed E-state index contributed by atoms with van der Waals surface area (Å²) in [5.41, 5.74) is 2.93. The number of amides is 1. The van der Waals surface area contributed by atoms with Gasteiger partial charge in [-0.15, -0.1) is 6.42 Å². The Bertz CT molecular complexity index is 1630. The quantitative estimate of drug-likeness (QED) is 0.385. The van der Waals surface area contributed by atoms with Crippen LogP contribution in [0.1, 0.15) is 15.9 Å². The van der Waals surface area contributed by atoms with Gasteiger partial charge in [-0.05, 0) is 48.0 Å². The molecule has 0 spiro atoms. The number of rotatable bonds is 6. The molecule has 9 heteroatoms. The van der Waals surface area contributed by atoms with Crippen LogP contribution in [-0.4, -0.2) is 41.8 Å². The van der Waals surface area contributed by atoms with E-state index < -0.39 is 21.7 Å². The summed E-state index contributed by atoms with van der Waals surface area (Å²) < 4.78 is 51.0. The minimum atomic E-state index is -3.66. The van der Waals surface area contributed by atoms with E-state index in [0.717, 1.165) is 10.6 Å². The maximum atomic E-state index is 13.5. The zero-order valence-corrected chi connectivity index (χ0v) is 20.9. The number of halogens is 1. The van der Waals surface area contributed by atoms with E-state index in [1.165, 1.54) is 45.5 Å². The summed E-state index contributed by atoms with van der Waals surface area (Å²) >= 11 is 0. The summed E-state index contributed by atoms with van der Waals surface area (Å²) in [6.07, 6.45) is 6.75. The first-order chi connectivity index (χ1) is 17.1. The van der Waals surface area contributed by atoms with Crippen LogP contribution < -0.4 is 14.4 Å². The summed E-state index contributed by atoms with van der Waals surface area (Å²) in [6.45, 7) is 0. The molecule has 0 unspecified atom stereocenters. The van der Waals surface area contributed by atoms with Gasteiger partial charge in [0.05, 0.1) is 30.2 Å². The zero-order chi connectivity index (χ0) is 26.2. The molecule has 4 aromatic rings. The van der Waals surface area contributed by atoms with Crippen LogP contribution in [0.4, 0.5) is 10.1 Å². The summed E-state index contributed by atoms with van der Waals surface area (Å²) in [5.74, 6) is 2.45. The van der Waals surface area contributed by atoms with Gasteiger partial charge >= 0.3 is 0 Å². The van der Waals surface area contributed by atoms with Crippen molar-refractivity contribution in [2.24, 2.45) is 0 Å². The lowest BCUT2D eigenvalue weighted by molar-refractivity contribution is 0.0964. The van der Waals surface area contributed by atoms with Crippen molar-refractivity contribution in [1.82, 2.24) is 5.32 Å². The van der Waals surface area contributed by atoms with Crippen molar-refractivity contribution in [1.29, 1.82) is 0 Å². The maximum absolute atomic E-state index is 13.5. The van der Waals surface area contributed by atoms with E-state index in [1.807, 2.05) is 0 Å². The number of nitrogens with zero attached hydrogens (tertiary/aromatic N) is 1. The lowest BCUT2D eigenvalue weighted by Crippen LogP contribution is -2.25. The van der Waals surface area contributed by atoms with Crippen LogP contribution in [0.15, 0.2) is 59.0 Å². The van der Waals surface area contributed by atoms with Crippen molar-refractivity contribution in [2.75, 3.05) is 31.8 Å². The number of carbonyl (C=O) groups is 1. The summed E-state index contributed by atoms with van der Waals surface area (Å²) in [7, 11) is 0.761. The Kier molecular flexibility index (Phi) is 6.48. The van der Waals surface area contributed by atoms with Gasteiger partial charge in [0.1, 0.15) is 22.9 Å². The van der Waals surface area contributed by atoms with Crippen molar-refractivity contribution in [2.45, 2.75) is 0 Å². The normalized spacial score (nSPS) is 11.2. The first-order valence-electron chi connectivity index (χ1n) is 10.8. The lowest BCUT2D eigenvalue weighted by Gasteiger charge is -2.21. The van der Waals surface area contributed by atoms with E-state index in [9.17, 15) is 17.6 Å². The van der Waals surface area contributed by atoms with Crippen LogP contribution in [0, 0.1) is 18.2 Å². The molecule has 1 amide bonds. The predicted octanol–water partition coefficient (Wildman–Crippen LogP) is 4.65. The fourth-order valence-electron chi connectivity index (χ4n) is 3.95. The molecule has 0 aliphatic rings. The van der Waals surface area contributed by atoms with E-state index in [2.05, 4.69) is 11.2 Å². The van der Waals surface area contributed by atoms with E-state index in [-0.39, 0.29) is 16.9 Å². The lowest BCUT2D eigenvalue weighted by atomic mass is 9.97. The van der Waals surface area contributed by atoms with Crippen LogP contribution in [0.5, 0.6) is 5.75 Å². The number of hydrogen-bond donors (Lipinski definition) is 1. The average Bonchev–Trinajstić information content (AvgIpc) is 3.24. The molecule has 3 aromatic carbocycles. The Labute approximate surface area is 208 Å². The molecule has 184 valence electrons. The molecule has 1 heterocycles. The number of fused-ring (bicyclic) bond motifs is 1. The third kappa shape index (κ3) is 4.39. The Morgan fingerprint density at radius 3 is 2.36 bits per heavy atom. The topological polar surface area (TPSA) is 88.9 Å². The minimum Gasteiger partial charge on any atom is -0.495 e. The number of benzene rings is 3. The number of ether oxygens (including phenoxy) is 1. The van der Waals surface area contributed by atoms with E-state index >= 15 is 0 Å². The Hall–Kier alpha value is -4.29. The minimum absolute atomic E-state index is 0.230. The number of carbonyl (C=O) groups excluding carboxylic acids is 1. The fourth-order valence-corrected chi connectivity index (χ4v) is 4.45. The second-order valence-electron chi connectivity index (χ2n) is 8.05. The third-order valence-electron chi connectivity index (χ3n) is 5.87. The Morgan fingerprint density at radius 1 is 1.11 bits per heavy atom. The molecule has 0 atom stereocenters. The molecule has 36 heavy (non-hydrogen) atoms. The van der Waals surface area contributed by atoms with E-state index in [4.69, 9.17) is 15.6 Å².